The largest absolute Gasteiger partial charge is 0.355 e. The molecule has 0 fully saturated rings. The Bertz CT molecular complexity index is 3360. The summed E-state index contributed by atoms with van der Waals surface area (Å²) in [6.07, 6.45) is 56.9. The average Bonchev–Trinajstić information content (AvgIpc) is 2.51. The molecule has 0 radical (unpaired) electrons. The van der Waals surface area contributed by atoms with Gasteiger partial charge >= 0.3 is 6.17 Å². The Morgan fingerprint density at radius 3 is 1.23 bits per heavy atom. The average molecular weight is 1190 g/mol. The van der Waals surface area contributed by atoms with Crippen molar-refractivity contribution in [3.8, 4) is 0 Å². The molecule has 7 aliphatic rings. The number of thiazole rings is 2. The van der Waals surface area contributed by atoms with E-state index in [9.17, 15) is 0 Å². The van der Waals surface area contributed by atoms with Crippen LogP contribution >= 0.6 is 46.2 Å². The molecule has 0 saturated heterocycles. The van der Waals surface area contributed by atoms with Gasteiger partial charge in [-0.2, -0.15) is 0 Å². The van der Waals surface area contributed by atoms with E-state index in [-0.39, 0.29) is 12.3 Å². The monoisotopic (exact) mass is 1190 g/mol. The van der Waals surface area contributed by atoms with Crippen LogP contribution in [-0.2, 0) is 0 Å². The smallest absolute Gasteiger partial charge is 0.313 e. The van der Waals surface area contributed by atoms with E-state index in [1.807, 2.05) is 46.2 Å². The molecule has 4 aromatic carbocycles. The third-order valence-electron chi connectivity index (χ3n) is 19.3. The van der Waals surface area contributed by atoms with E-state index in [0.29, 0.717) is 11.8 Å². The fourth-order valence-electron chi connectivity index (χ4n) is 14.8. The van der Waals surface area contributed by atoms with Gasteiger partial charge in [0, 0.05) is 34.1 Å². The van der Waals surface area contributed by atoms with Crippen molar-refractivity contribution in [2.75, 3.05) is 9.80 Å². The maximum Gasteiger partial charge on any atom is 0.355 e. The zero-order chi connectivity index (χ0) is 56.6. The van der Waals surface area contributed by atoms with Gasteiger partial charge in [-0.25, -0.2) is 0 Å². The molecule has 0 saturated carbocycles. The lowest BCUT2D eigenvalue weighted by molar-refractivity contribution is -0.921. The van der Waals surface area contributed by atoms with Crippen LogP contribution in [0.3, 0.4) is 0 Å². The van der Waals surface area contributed by atoms with Crippen LogP contribution in [0.2, 0.25) is 0 Å². The highest BCUT2D eigenvalue weighted by atomic mass is 32.2. The van der Waals surface area contributed by atoms with Crippen molar-refractivity contribution in [1.82, 2.24) is 0 Å². The van der Waals surface area contributed by atoms with Gasteiger partial charge in [0.15, 0.2) is 0 Å². The second-order valence-electron chi connectivity index (χ2n) is 25.3. The Kier molecular flexibility index (Phi) is 19.1. The highest BCUT2D eigenvalue weighted by molar-refractivity contribution is 8.04. The fourth-order valence-corrected chi connectivity index (χ4v) is 19.5. The predicted molar refractivity (Wildman–Crippen MR) is 364 cm³/mol. The van der Waals surface area contributed by atoms with Crippen molar-refractivity contribution in [1.29, 1.82) is 0 Å². The first-order valence-corrected chi connectivity index (χ1v) is 36.5. The van der Waals surface area contributed by atoms with Gasteiger partial charge in [0.2, 0.25) is 11.0 Å². The number of rotatable bonds is 20. The fraction of sp³-hybridized carbons (Fsp3) is 0.447. The normalized spacial score (nSPS) is 21.0. The van der Waals surface area contributed by atoms with Crippen molar-refractivity contribution in [3.05, 3.63) is 187 Å². The Hall–Kier alpha value is -5.12. The third kappa shape index (κ3) is 13.0. The zero-order valence-electron chi connectivity index (χ0n) is 50.4. The summed E-state index contributed by atoms with van der Waals surface area (Å²) in [7, 11) is 0. The molecule has 2 aromatic heterocycles. The number of anilines is 2. The van der Waals surface area contributed by atoms with E-state index in [1.54, 1.807) is 0 Å². The van der Waals surface area contributed by atoms with Crippen molar-refractivity contribution in [2.24, 2.45) is 11.8 Å². The Labute approximate surface area is 520 Å². The zero-order valence-corrected chi connectivity index (χ0v) is 53.7. The molecule has 5 heterocycles. The quantitative estimate of drug-likeness (QED) is 0.0558. The Balaban J connectivity index is 0.950. The SMILES string of the molecule is CCCCCCCCCCCC1N2C(=CC3=CC4=CC(=Cc5sc6ccccc6[n+]5C(CCCCCCCCCCC)[n+]5c(sc6ccccc65)C=C5C=C6C=C(C=C7Sc8ccccc8N71)CCC6CC5)CCC4CC3)Sc1ccccc12. The first-order chi connectivity index (χ1) is 41.6. The summed E-state index contributed by atoms with van der Waals surface area (Å²) in [6.45, 7) is 4.66. The number of aromatic nitrogens is 2. The van der Waals surface area contributed by atoms with E-state index in [1.165, 1.54) is 236 Å². The number of para-hydroxylation sites is 4. The van der Waals surface area contributed by atoms with Gasteiger partial charge in [-0.05, 0) is 164 Å². The maximum absolute atomic E-state index is 2.80. The summed E-state index contributed by atoms with van der Waals surface area (Å²) in [4.78, 5) is 8.35. The molecule has 2 unspecified atom stereocenters. The topological polar surface area (TPSA) is 14.2 Å². The van der Waals surface area contributed by atoms with Gasteiger partial charge in [0.1, 0.15) is 15.6 Å². The Morgan fingerprint density at radius 2 is 0.774 bits per heavy atom. The highest BCUT2D eigenvalue weighted by Gasteiger charge is 2.42. The van der Waals surface area contributed by atoms with Crippen molar-refractivity contribution < 1.29 is 9.13 Å². The number of hydrogen-bond acceptors (Lipinski definition) is 6. The first-order valence-electron chi connectivity index (χ1n) is 33.2. The van der Waals surface area contributed by atoms with Crippen LogP contribution in [0.15, 0.2) is 187 Å². The van der Waals surface area contributed by atoms with Gasteiger partial charge < -0.3 is 9.80 Å². The Morgan fingerprint density at radius 1 is 0.393 bits per heavy atom. The number of benzene rings is 4. The van der Waals surface area contributed by atoms with Crippen LogP contribution in [0.1, 0.15) is 210 Å². The summed E-state index contributed by atoms with van der Waals surface area (Å²) in [6, 6.07) is 37.3. The number of nitrogens with zero attached hydrogens (tertiary/aromatic N) is 4. The number of thioether (sulfide) groups is 2. The van der Waals surface area contributed by atoms with Crippen LogP contribution in [0.25, 0.3) is 32.6 Å². The number of allylic oxidation sites excluding steroid dienone is 12. The standard InChI is InChI=1S/C76H90N4S4/c1-3-5-7-9-11-13-15-17-19-37-71-77-63-29-21-25-33-67(63)81-73(77)51-55-39-43-59-45-41-57(49-61(59)47-55)53-75-79(65-31-23-27-35-69(65)83-75)72(38-20-18-16-14-12-10-8-6-4-2)80-66-32-24-28-36-70(66)84-76(80)54-58-42-46-60-44-40-56(48-62(60)50-58)52-74-78(71)64-30-22-26-34-68(64)82-74/h21-36,47-54,59-60,71-72H,3-20,37-46H2,1-2H3/q+2. The van der Waals surface area contributed by atoms with Crippen molar-refractivity contribution >= 4 is 90.2 Å². The molecule has 4 nitrogen and oxygen atoms in total. The minimum Gasteiger partial charge on any atom is -0.313 e. The molecule has 6 aromatic rings. The van der Waals surface area contributed by atoms with Gasteiger partial charge in [-0.1, -0.05) is 236 Å². The second-order valence-corrected chi connectivity index (χ2v) is 29.6. The molecule has 6 bridgehead atoms. The van der Waals surface area contributed by atoms with Crippen molar-refractivity contribution in [3.63, 3.8) is 0 Å². The summed E-state index contributed by atoms with van der Waals surface area (Å²) < 4.78 is 8.35. The second kappa shape index (κ2) is 27.7. The van der Waals surface area contributed by atoms with Gasteiger partial charge in [-0.3, -0.25) is 0 Å². The molecular weight excluding hydrogens is 1100 g/mol. The minimum atomic E-state index is 0.135. The molecule has 3 aliphatic heterocycles. The molecule has 0 N–H and O–H groups in total. The molecule has 8 heteroatoms. The molecule has 436 valence electrons. The lowest BCUT2D eigenvalue weighted by Gasteiger charge is -2.40. The minimum absolute atomic E-state index is 0.135. The summed E-state index contributed by atoms with van der Waals surface area (Å²) in [5, 5.41) is 5.52. The molecule has 13 rings (SSSR count). The van der Waals surface area contributed by atoms with E-state index in [2.05, 4.69) is 178 Å². The van der Waals surface area contributed by atoms with Gasteiger partial charge in [-0.15, -0.1) is 9.13 Å². The van der Waals surface area contributed by atoms with Crippen LogP contribution < -0.4 is 18.9 Å². The molecule has 4 aliphatic carbocycles. The molecular formula is C76H90N4S4+2. The number of unbranched alkanes of at least 4 members (excludes halogenated alkanes) is 16. The maximum atomic E-state index is 2.80. The summed E-state index contributed by atoms with van der Waals surface area (Å²) in [5.41, 5.74) is 14.4. The molecule has 0 spiro atoms. The lowest BCUT2D eigenvalue weighted by Crippen LogP contribution is -2.58. The van der Waals surface area contributed by atoms with Crippen LogP contribution in [0.5, 0.6) is 0 Å². The predicted octanol–water partition coefficient (Wildman–Crippen LogP) is 22.7. The molecule has 0 amide bonds. The summed E-state index contributed by atoms with van der Waals surface area (Å²) >= 11 is 8.01. The van der Waals surface area contributed by atoms with E-state index in [4.69, 9.17) is 0 Å². The highest BCUT2D eigenvalue weighted by Crippen LogP contribution is 2.55. The molecule has 2 atom stereocenters. The van der Waals surface area contributed by atoms with Crippen LogP contribution in [-0.4, -0.2) is 6.17 Å². The van der Waals surface area contributed by atoms with Crippen LogP contribution in [0, 0.1) is 11.8 Å². The van der Waals surface area contributed by atoms with E-state index in [0.717, 1.165) is 38.5 Å². The number of fused-ring (bicyclic) bond motifs is 14. The first kappa shape index (κ1) is 57.9. The van der Waals surface area contributed by atoms with E-state index >= 15 is 0 Å². The molecule has 84 heavy (non-hydrogen) atoms. The number of hydrogen-bond donors (Lipinski definition) is 0. The lowest BCUT2D eigenvalue weighted by atomic mass is 9.77. The van der Waals surface area contributed by atoms with Gasteiger partial charge in [0.25, 0.3) is 10.0 Å². The van der Waals surface area contributed by atoms with Crippen LogP contribution in [0.4, 0.5) is 11.4 Å². The summed E-state index contributed by atoms with van der Waals surface area (Å²) in [5.74, 6) is 1.21. The van der Waals surface area contributed by atoms with E-state index < -0.39 is 0 Å². The van der Waals surface area contributed by atoms with Gasteiger partial charge in [0.05, 0.1) is 27.9 Å². The third-order valence-corrected chi connectivity index (χ3v) is 23.7. The van der Waals surface area contributed by atoms with Crippen molar-refractivity contribution in [2.45, 2.75) is 216 Å².